The minimum absolute atomic E-state index is 0.611. The van der Waals surface area contributed by atoms with Crippen LogP contribution in [-0.4, -0.2) is 9.97 Å². The molecule has 0 atom stereocenters. The maximum atomic E-state index is 6.02. The van der Waals surface area contributed by atoms with Crippen molar-refractivity contribution >= 4 is 0 Å². The first-order valence-corrected chi connectivity index (χ1v) is 7.97. The van der Waals surface area contributed by atoms with Crippen LogP contribution in [0.4, 0.5) is 0 Å². The second kappa shape index (κ2) is 7.05. The molecule has 0 amide bonds. The van der Waals surface area contributed by atoms with Crippen molar-refractivity contribution in [2.24, 2.45) is 0 Å². The lowest BCUT2D eigenvalue weighted by Crippen LogP contribution is -1.95. The van der Waals surface area contributed by atoms with Crippen LogP contribution in [0.15, 0.2) is 61.1 Å². The fourth-order valence-corrected chi connectivity index (χ4v) is 2.56. The highest BCUT2D eigenvalue weighted by Gasteiger charge is 2.11. The number of hydrogen-bond donors (Lipinski definition) is 0. The van der Waals surface area contributed by atoms with E-state index in [0.717, 1.165) is 29.7 Å². The standard InChI is InChI=1S/C20H20N2O/c1-3-15-7-9-17(10-8-15)23-20-18(6-5-12-22-20)19-14-21-13-11-16(19)4-2/h5-14H,3-4H2,1-2H3. The number of nitrogens with zero attached hydrogens (tertiary/aromatic N) is 2. The monoisotopic (exact) mass is 304 g/mol. The summed E-state index contributed by atoms with van der Waals surface area (Å²) in [6.07, 6.45) is 7.41. The summed E-state index contributed by atoms with van der Waals surface area (Å²) >= 11 is 0. The molecule has 3 heteroatoms. The second-order valence-corrected chi connectivity index (χ2v) is 5.34. The highest BCUT2D eigenvalue weighted by atomic mass is 16.5. The third kappa shape index (κ3) is 3.39. The van der Waals surface area contributed by atoms with Gasteiger partial charge in [0.1, 0.15) is 5.75 Å². The molecule has 0 unspecified atom stereocenters. The summed E-state index contributed by atoms with van der Waals surface area (Å²) in [5.41, 5.74) is 4.57. The molecule has 23 heavy (non-hydrogen) atoms. The first kappa shape index (κ1) is 15.2. The van der Waals surface area contributed by atoms with Gasteiger partial charge in [0, 0.05) is 29.7 Å². The van der Waals surface area contributed by atoms with Gasteiger partial charge in [-0.25, -0.2) is 4.98 Å². The molecular formula is C20H20N2O. The predicted octanol–water partition coefficient (Wildman–Crippen LogP) is 5.06. The van der Waals surface area contributed by atoms with E-state index < -0.39 is 0 Å². The van der Waals surface area contributed by atoms with Gasteiger partial charge in [-0.15, -0.1) is 0 Å². The van der Waals surface area contributed by atoms with Crippen molar-refractivity contribution in [3.05, 3.63) is 72.2 Å². The molecule has 0 spiro atoms. The summed E-state index contributed by atoms with van der Waals surface area (Å²) < 4.78 is 6.02. The van der Waals surface area contributed by atoms with Gasteiger partial charge < -0.3 is 4.74 Å². The average Bonchev–Trinajstić information content (AvgIpc) is 2.63. The molecule has 0 aliphatic rings. The van der Waals surface area contributed by atoms with Gasteiger partial charge in [0.25, 0.3) is 0 Å². The molecular weight excluding hydrogens is 284 g/mol. The van der Waals surface area contributed by atoms with Crippen LogP contribution in [0.25, 0.3) is 11.1 Å². The zero-order chi connectivity index (χ0) is 16.1. The summed E-state index contributed by atoms with van der Waals surface area (Å²) in [4.78, 5) is 8.68. The van der Waals surface area contributed by atoms with E-state index in [1.54, 1.807) is 6.20 Å². The zero-order valence-corrected chi connectivity index (χ0v) is 13.5. The first-order chi connectivity index (χ1) is 11.3. The molecule has 1 aromatic carbocycles. The molecule has 3 nitrogen and oxygen atoms in total. The quantitative estimate of drug-likeness (QED) is 0.660. The van der Waals surface area contributed by atoms with Gasteiger partial charge in [0.2, 0.25) is 5.88 Å². The van der Waals surface area contributed by atoms with Crippen molar-refractivity contribution in [2.75, 3.05) is 0 Å². The molecule has 0 bridgehead atoms. The minimum atomic E-state index is 0.611. The number of benzene rings is 1. The van der Waals surface area contributed by atoms with Gasteiger partial charge in [-0.3, -0.25) is 4.98 Å². The largest absolute Gasteiger partial charge is 0.438 e. The predicted molar refractivity (Wildman–Crippen MR) is 92.7 cm³/mol. The number of aryl methyl sites for hydroxylation is 2. The molecule has 0 saturated heterocycles. The maximum Gasteiger partial charge on any atom is 0.227 e. The number of ether oxygens (including phenoxy) is 1. The van der Waals surface area contributed by atoms with E-state index in [4.69, 9.17) is 4.74 Å². The van der Waals surface area contributed by atoms with E-state index in [1.165, 1.54) is 11.1 Å². The van der Waals surface area contributed by atoms with Crippen molar-refractivity contribution in [1.29, 1.82) is 0 Å². The molecule has 0 aliphatic heterocycles. The second-order valence-electron chi connectivity index (χ2n) is 5.34. The fourth-order valence-electron chi connectivity index (χ4n) is 2.56. The number of aromatic nitrogens is 2. The normalized spacial score (nSPS) is 10.5. The Morgan fingerprint density at radius 1 is 0.870 bits per heavy atom. The van der Waals surface area contributed by atoms with E-state index in [9.17, 15) is 0 Å². The molecule has 3 aromatic rings. The van der Waals surface area contributed by atoms with Crippen molar-refractivity contribution < 1.29 is 4.74 Å². The lowest BCUT2D eigenvalue weighted by atomic mass is 10.0. The molecule has 0 saturated carbocycles. The topological polar surface area (TPSA) is 35.0 Å². The van der Waals surface area contributed by atoms with Crippen LogP contribution >= 0.6 is 0 Å². The summed E-state index contributed by atoms with van der Waals surface area (Å²) in [5, 5.41) is 0. The van der Waals surface area contributed by atoms with Crippen molar-refractivity contribution in [3.63, 3.8) is 0 Å². The van der Waals surface area contributed by atoms with Gasteiger partial charge >= 0.3 is 0 Å². The molecule has 3 rings (SSSR count). The molecule has 0 fully saturated rings. The lowest BCUT2D eigenvalue weighted by molar-refractivity contribution is 0.464. The molecule has 0 N–H and O–H groups in total. The first-order valence-electron chi connectivity index (χ1n) is 7.97. The minimum Gasteiger partial charge on any atom is -0.438 e. The smallest absolute Gasteiger partial charge is 0.227 e. The third-order valence-corrected chi connectivity index (χ3v) is 3.90. The van der Waals surface area contributed by atoms with Gasteiger partial charge in [0.15, 0.2) is 0 Å². The van der Waals surface area contributed by atoms with Gasteiger partial charge in [-0.2, -0.15) is 0 Å². The fraction of sp³-hybridized carbons (Fsp3) is 0.200. The lowest BCUT2D eigenvalue weighted by Gasteiger charge is -2.12. The Morgan fingerprint density at radius 3 is 2.43 bits per heavy atom. The number of pyridine rings is 2. The van der Waals surface area contributed by atoms with Crippen molar-refractivity contribution in [1.82, 2.24) is 9.97 Å². The van der Waals surface area contributed by atoms with Crippen LogP contribution in [-0.2, 0) is 12.8 Å². The summed E-state index contributed by atoms with van der Waals surface area (Å²) in [6, 6.07) is 14.1. The van der Waals surface area contributed by atoms with E-state index in [2.05, 4.69) is 35.9 Å². The summed E-state index contributed by atoms with van der Waals surface area (Å²) in [6.45, 7) is 4.28. The third-order valence-electron chi connectivity index (χ3n) is 3.90. The SMILES string of the molecule is CCc1ccc(Oc2ncccc2-c2cnccc2CC)cc1. The van der Waals surface area contributed by atoms with Gasteiger partial charge in [-0.1, -0.05) is 26.0 Å². The van der Waals surface area contributed by atoms with E-state index in [0.29, 0.717) is 5.88 Å². The van der Waals surface area contributed by atoms with E-state index in [1.807, 2.05) is 42.7 Å². The van der Waals surface area contributed by atoms with Crippen LogP contribution in [0.5, 0.6) is 11.6 Å². The molecule has 2 aromatic heterocycles. The van der Waals surface area contributed by atoms with E-state index >= 15 is 0 Å². The highest BCUT2D eigenvalue weighted by Crippen LogP contribution is 2.33. The summed E-state index contributed by atoms with van der Waals surface area (Å²) in [5.74, 6) is 1.41. The van der Waals surface area contributed by atoms with Crippen molar-refractivity contribution in [2.45, 2.75) is 26.7 Å². The van der Waals surface area contributed by atoms with E-state index in [-0.39, 0.29) is 0 Å². The number of hydrogen-bond acceptors (Lipinski definition) is 3. The Bertz CT molecular complexity index is 782. The van der Waals surface area contributed by atoms with Crippen LogP contribution in [0.3, 0.4) is 0 Å². The Hall–Kier alpha value is -2.68. The molecule has 0 radical (unpaired) electrons. The molecule has 0 aliphatic carbocycles. The molecule has 116 valence electrons. The van der Waals surface area contributed by atoms with Gasteiger partial charge in [-0.05, 0) is 54.3 Å². The van der Waals surface area contributed by atoms with Crippen LogP contribution < -0.4 is 4.74 Å². The Kier molecular flexibility index (Phi) is 4.67. The Balaban J connectivity index is 1.97. The summed E-state index contributed by atoms with van der Waals surface area (Å²) in [7, 11) is 0. The Labute approximate surface area is 137 Å². The van der Waals surface area contributed by atoms with Crippen LogP contribution in [0.2, 0.25) is 0 Å². The Morgan fingerprint density at radius 2 is 1.70 bits per heavy atom. The zero-order valence-electron chi connectivity index (χ0n) is 13.5. The van der Waals surface area contributed by atoms with Crippen LogP contribution in [0, 0.1) is 0 Å². The number of rotatable bonds is 5. The maximum absolute atomic E-state index is 6.02. The van der Waals surface area contributed by atoms with Crippen LogP contribution in [0.1, 0.15) is 25.0 Å². The highest BCUT2D eigenvalue weighted by molar-refractivity contribution is 5.71. The molecule has 2 heterocycles. The van der Waals surface area contributed by atoms with Gasteiger partial charge in [0.05, 0.1) is 0 Å². The van der Waals surface area contributed by atoms with Crippen molar-refractivity contribution in [3.8, 4) is 22.8 Å². The average molecular weight is 304 g/mol.